The van der Waals surface area contributed by atoms with Crippen LogP contribution in [0.4, 0.5) is 11.6 Å². The van der Waals surface area contributed by atoms with Gasteiger partial charge in [0.25, 0.3) is 0 Å². The fourth-order valence-electron chi connectivity index (χ4n) is 4.27. The molecule has 0 radical (unpaired) electrons. The second kappa shape index (κ2) is 9.63. The van der Waals surface area contributed by atoms with Crippen molar-refractivity contribution in [2.75, 3.05) is 5.32 Å². The number of nitrogens with zero attached hydrogens (tertiary/aromatic N) is 4. The Morgan fingerprint density at radius 2 is 1.68 bits per heavy atom. The number of primary sulfonamides is 1. The summed E-state index contributed by atoms with van der Waals surface area (Å²) in [5.74, 6) is 1.38. The smallest absolute Gasteiger partial charge is 0.249 e. The van der Waals surface area contributed by atoms with Gasteiger partial charge in [-0.05, 0) is 90.7 Å². The lowest BCUT2D eigenvalue weighted by atomic mass is 10.00. The highest BCUT2D eigenvalue weighted by Gasteiger charge is 2.17. The van der Waals surface area contributed by atoms with E-state index < -0.39 is 10.0 Å². The minimum Gasteiger partial charge on any atom is -0.436 e. The summed E-state index contributed by atoms with van der Waals surface area (Å²) < 4.78 is 31.9. The largest absolute Gasteiger partial charge is 0.436 e. The van der Waals surface area contributed by atoms with Crippen molar-refractivity contribution in [3.8, 4) is 28.8 Å². The van der Waals surface area contributed by atoms with Crippen LogP contribution in [0.25, 0.3) is 22.2 Å². The molecule has 0 bridgehead atoms. The first-order chi connectivity index (χ1) is 18.1. The first kappa shape index (κ1) is 25.0. The maximum absolute atomic E-state index is 11.8. The molecule has 9 nitrogen and oxygen atoms in total. The molecule has 0 aliphatic rings. The molecule has 0 atom stereocenters. The summed E-state index contributed by atoms with van der Waals surface area (Å²) in [7, 11) is -1.92. The zero-order chi connectivity index (χ0) is 27.0. The Balaban J connectivity index is 1.52. The van der Waals surface area contributed by atoms with Crippen LogP contribution in [0.2, 0.25) is 0 Å². The molecule has 0 saturated carbocycles. The van der Waals surface area contributed by atoms with Crippen LogP contribution in [0.5, 0.6) is 11.6 Å². The topological polar surface area (TPSA) is 136 Å². The molecule has 0 aliphatic heterocycles. The third kappa shape index (κ3) is 4.93. The van der Waals surface area contributed by atoms with Crippen molar-refractivity contribution in [2.45, 2.75) is 18.7 Å². The number of aryl methyl sites for hydroxylation is 3. The number of fused-ring (bicyclic) bond motifs is 1. The summed E-state index contributed by atoms with van der Waals surface area (Å²) in [6.45, 7) is 3.85. The summed E-state index contributed by atoms with van der Waals surface area (Å²) in [6.07, 6.45) is 1.89. The van der Waals surface area contributed by atoms with Gasteiger partial charge in [0.1, 0.15) is 11.3 Å². The highest BCUT2D eigenvalue weighted by molar-refractivity contribution is 7.89. The Kier molecular flexibility index (Phi) is 6.32. The van der Waals surface area contributed by atoms with Gasteiger partial charge in [-0.25, -0.2) is 18.5 Å². The van der Waals surface area contributed by atoms with Crippen molar-refractivity contribution in [1.82, 2.24) is 14.5 Å². The van der Waals surface area contributed by atoms with Crippen LogP contribution in [-0.4, -0.2) is 23.0 Å². The van der Waals surface area contributed by atoms with E-state index in [1.54, 1.807) is 36.4 Å². The van der Waals surface area contributed by atoms with Gasteiger partial charge in [-0.1, -0.05) is 12.1 Å². The van der Waals surface area contributed by atoms with Crippen molar-refractivity contribution in [2.24, 2.45) is 12.2 Å². The summed E-state index contributed by atoms with van der Waals surface area (Å²) in [4.78, 5) is 9.33. The Labute approximate surface area is 220 Å². The Hall–Kier alpha value is -4.72. The van der Waals surface area contributed by atoms with Crippen molar-refractivity contribution >= 4 is 32.7 Å². The maximum Gasteiger partial charge on any atom is 0.249 e. The summed E-state index contributed by atoms with van der Waals surface area (Å²) in [6, 6.07) is 21.4. The van der Waals surface area contributed by atoms with Gasteiger partial charge in [-0.15, -0.1) is 0 Å². The number of aromatic nitrogens is 3. The van der Waals surface area contributed by atoms with Gasteiger partial charge in [0.05, 0.1) is 22.0 Å². The van der Waals surface area contributed by atoms with Crippen LogP contribution in [-0.2, 0) is 17.1 Å². The van der Waals surface area contributed by atoms with Gasteiger partial charge in [0.15, 0.2) is 0 Å². The fraction of sp³-hybridized carbons (Fsp3) is 0.107. The lowest BCUT2D eigenvalue weighted by Gasteiger charge is -2.16. The van der Waals surface area contributed by atoms with Crippen LogP contribution in [0.15, 0.2) is 77.8 Å². The summed E-state index contributed by atoms with van der Waals surface area (Å²) >= 11 is 0. The van der Waals surface area contributed by atoms with Gasteiger partial charge in [0, 0.05) is 18.9 Å². The fourth-order valence-corrected chi connectivity index (χ4v) is 4.83. The standard InChI is InChI=1S/C28H24N6O3S/c1-17-13-21(20-5-4-6-23(15-20)38(30,35)36)14-18(2)26(17)37-27-25-24(11-12-34(25)3)32-28(33-27)31-22-9-7-19(16-29)8-10-22/h4-15H,1-3H3,(H2,30,35,36)(H,31,32,33). The van der Waals surface area contributed by atoms with Gasteiger partial charge in [-0.3, -0.25) is 0 Å². The quantitative estimate of drug-likeness (QED) is 0.307. The zero-order valence-corrected chi connectivity index (χ0v) is 21.7. The van der Waals surface area contributed by atoms with E-state index in [9.17, 15) is 8.42 Å². The van der Waals surface area contributed by atoms with E-state index in [1.807, 2.05) is 55.9 Å². The molecule has 0 aliphatic carbocycles. The highest BCUT2D eigenvalue weighted by atomic mass is 32.2. The number of benzene rings is 3. The number of nitrogens with one attached hydrogen (secondary N) is 1. The Morgan fingerprint density at radius 3 is 2.34 bits per heavy atom. The van der Waals surface area contributed by atoms with Crippen LogP contribution in [0.1, 0.15) is 16.7 Å². The second-order valence-corrected chi connectivity index (χ2v) is 10.5. The zero-order valence-electron chi connectivity index (χ0n) is 20.9. The van der Waals surface area contributed by atoms with Crippen LogP contribution >= 0.6 is 0 Å². The minimum atomic E-state index is -3.81. The molecule has 190 valence electrons. The molecule has 3 aromatic carbocycles. The van der Waals surface area contributed by atoms with Gasteiger partial charge in [0.2, 0.25) is 21.9 Å². The molecule has 5 aromatic rings. The molecule has 0 saturated heterocycles. The van der Waals surface area contributed by atoms with Crippen LogP contribution in [0, 0.1) is 25.2 Å². The van der Waals surface area contributed by atoms with Gasteiger partial charge < -0.3 is 14.6 Å². The number of hydrogen-bond acceptors (Lipinski definition) is 7. The second-order valence-electron chi connectivity index (χ2n) is 8.94. The van der Waals surface area contributed by atoms with E-state index in [0.29, 0.717) is 28.7 Å². The van der Waals surface area contributed by atoms with Crippen molar-refractivity contribution in [3.63, 3.8) is 0 Å². The first-order valence-corrected chi connectivity index (χ1v) is 13.2. The average molecular weight is 525 g/mol. The monoisotopic (exact) mass is 524 g/mol. The average Bonchev–Trinajstić information content (AvgIpc) is 3.26. The van der Waals surface area contributed by atoms with E-state index in [2.05, 4.69) is 21.4 Å². The van der Waals surface area contributed by atoms with Crippen molar-refractivity contribution in [1.29, 1.82) is 5.26 Å². The third-order valence-electron chi connectivity index (χ3n) is 6.11. The highest BCUT2D eigenvalue weighted by Crippen LogP contribution is 2.36. The predicted molar refractivity (Wildman–Crippen MR) is 146 cm³/mol. The molecule has 5 rings (SSSR count). The number of rotatable bonds is 6. The van der Waals surface area contributed by atoms with Gasteiger partial charge >= 0.3 is 0 Å². The molecule has 2 aromatic heterocycles. The van der Waals surface area contributed by atoms with Crippen LogP contribution < -0.4 is 15.2 Å². The van der Waals surface area contributed by atoms with E-state index in [1.165, 1.54) is 6.07 Å². The lowest BCUT2D eigenvalue weighted by molar-refractivity contribution is 0.459. The molecule has 2 heterocycles. The molecule has 0 unspecified atom stereocenters. The molecule has 38 heavy (non-hydrogen) atoms. The Bertz CT molecular complexity index is 1810. The molecule has 0 fully saturated rings. The van der Waals surface area contributed by atoms with E-state index >= 15 is 0 Å². The summed E-state index contributed by atoms with van der Waals surface area (Å²) in [5, 5.41) is 17.5. The van der Waals surface area contributed by atoms with E-state index in [0.717, 1.165) is 33.5 Å². The SMILES string of the molecule is Cc1cc(-c2cccc(S(N)(=O)=O)c2)cc(C)c1Oc1nc(Nc2ccc(C#N)cc2)nc2ccn(C)c12. The first-order valence-electron chi connectivity index (χ1n) is 11.6. The Morgan fingerprint density at radius 1 is 0.974 bits per heavy atom. The molecule has 10 heteroatoms. The van der Waals surface area contributed by atoms with Crippen molar-refractivity contribution < 1.29 is 13.2 Å². The molecular formula is C28H24N6O3S. The third-order valence-corrected chi connectivity index (χ3v) is 7.02. The van der Waals surface area contributed by atoms with E-state index in [4.69, 9.17) is 15.1 Å². The number of nitriles is 1. The molecule has 3 N–H and O–H groups in total. The number of sulfonamides is 1. The molecule has 0 amide bonds. The normalized spacial score (nSPS) is 11.3. The lowest BCUT2D eigenvalue weighted by Crippen LogP contribution is -2.11. The maximum atomic E-state index is 11.8. The van der Waals surface area contributed by atoms with Crippen molar-refractivity contribution in [3.05, 3.63) is 89.6 Å². The molecular weight excluding hydrogens is 500 g/mol. The van der Waals surface area contributed by atoms with E-state index in [-0.39, 0.29) is 4.90 Å². The summed E-state index contributed by atoms with van der Waals surface area (Å²) in [5.41, 5.74) is 6.02. The van der Waals surface area contributed by atoms with Crippen LogP contribution in [0.3, 0.4) is 0 Å². The number of nitrogens with two attached hydrogens (primary N) is 1. The minimum absolute atomic E-state index is 0.0556. The number of anilines is 2. The van der Waals surface area contributed by atoms with Gasteiger partial charge in [-0.2, -0.15) is 10.2 Å². The number of hydrogen-bond donors (Lipinski definition) is 2. The predicted octanol–water partition coefficient (Wildman–Crippen LogP) is 5.31. The molecule has 0 spiro atoms. The number of ether oxygens (including phenoxy) is 1.